The molecule has 0 bridgehead atoms. The number of halogens is 1. The Morgan fingerprint density at radius 2 is 1.85 bits per heavy atom. The predicted octanol–water partition coefficient (Wildman–Crippen LogP) is 1.93. The molecule has 0 atom stereocenters. The summed E-state index contributed by atoms with van der Waals surface area (Å²) in [5, 5.41) is 18.0. The van der Waals surface area contributed by atoms with Gasteiger partial charge in [-0.3, -0.25) is 4.40 Å². The van der Waals surface area contributed by atoms with E-state index in [0.29, 0.717) is 16.4 Å². The lowest BCUT2D eigenvalue weighted by Gasteiger charge is -2.36. The first-order chi connectivity index (χ1) is 12.7. The number of aryl methyl sites for hydroxylation is 1. The van der Waals surface area contributed by atoms with Crippen molar-refractivity contribution < 1.29 is 0 Å². The van der Waals surface area contributed by atoms with Crippen molar-refractivity contribution >= 4 is 28.9 Å². The Morgan fingerprint density at radius 1 is 1.12 bits per heavy atom. The number of nitrogens with zero attached hydrogens (tertiary/aromatic N) is 8. The van der Waals surface area contributed by atoms with Gasteiger partial charge in [-0.1, -0.05) is 18.5 Å². The van der Waals surface area contributed by atoms with Gasteiger partial charge < -0.3 is 9.80 Å². The minimum atomic E-state index is 0.465. The Hall–Kier alpha value is -2.92. The highest BCUT2D eigenvalue weighted by Gasteiger charge is 2.23. The third-order valence-electron chi connectivity index (χ3n) is 4.52. The standard InChI is InChI=1S/C17H17ClN8/c1-2-14-22-23-17-16(20-3-4-26(14)17)25-7-5-24(6-8-25)15-13(18)9-12(10-19)11-21-15/h3-4,9,11H,2,5-8H2,1H3. The van der Waals surface area contributed by atoms with Gasteiger partial charge in [-0.2, -0.15) is 5.26 Å². The summed E-state index contributed by atoms with van der Waals surface area (Å²) in [5.41, 5.74) is 1.25. The maximum absolute atomic E-state index is 8.94. The van der Waals surface area contributed by atoms with Crippen molar-refractivity contribution in [3.05, 3.63) is 41.1 Å². The number of pyridine rings is 1. The largest absolute Gasteiger partial charge is 0.352 e. The minimum absolute atomic E-state index is 0.465. The van der Waals surface area contributed by atoms with Gasteiger partial charge in [0.15, 0.2) is 5.82 Å². The summed E-state index contributed by atoms with van der Waals surface area (Å²) in [6.45, 7) is 5.13. The fourth-order valence-corrected chi connectivity index (χ4v) is 3.47. The molecule has 3 aromatic heterocycles. The van der Waals surface area contributed by atoms with E-state index in [1.165, 1.54) is 0 Å². The first-order valence-corrected chi connectivity index (χ1v) is 8.83. The number of nitriles is 1. The highest BCUT2D eigenvalue weighted by molar-refractivity contribution is 6.33. The molecule has 0 radical (unpaired) electrons. The molecule has 0 saturated carbocycles. The fourth-order valence-electron chi connectivity index (χ4n) is 3.18. The van der Waals surface area contributed by atoms with Gasteiger partial charge in [-0.25, -0.2) is 9.97 Å². The molecule has 1 fully saturated rings. The van der Waals surface area contributed by atoms with Gasteiger partial charge in [0.25, 0.3) is 0 Å². The van der Waals surface area contributed by atoms with E-state index in [0.717, 1.165) is 49.9 Å². The average molecular weight is 369 g/mol. The van der Waals surface area contributed by atoms with Gasteiger partial charge in [0.05, 0.1) is 10.6 Å². The molecule has 1 aliphatic heterocycles. The zero-order chi connectivity index (χ0) is 18.1. The van der Waals surface area contributed by atoms with Crippen molar-refractivity contribution in [2.24, 2.45) is 0 Å². The molecular weight excluding hydrogens is 352 g/mol. The quantitative estimate of drug-likeness (QED) is 0.698. The normalized spacial score (nSPS) is 14.7. The predicted molar refractivity (Wildman–Crippen MR) is 98.5 cm³/mol. The maximum Gasteiger partial charge on any atom is 0.203 e. The highest BCUT2D eigenvalue weighted by atomic mass is 35.5. The van der Waals surface area contributed by atoms with Crippen molar-refractivity contribution in [2.45, 2.75) is 13.3 Å². The van der Waals surface area contributed by atoms with Crippen molar-refractivity contribution in [1.82, 2.24) is 24.6 Å². The van der Waals surface area contributed by atoms with E-state index in [4.69, 9.17) is 16.9 Å². The minimum Gasteiger partial charge on any atom is -0.352 e. The van der Waals surface area contributed by atoms with E-state index >= 15 is 0 Å². The lowest BCUT2D eigenvalue weighted by molar-refractivity contribution is 0.641. The van der Waals surface area contributed by atoms with Crippen LogP contribution in [0.3, 0.4) is 0 Å². The van der Waals surface area contributed by atoms with Crippen LogP contribution in [0.4, 0.5) is 11.6 Å². The molecule has 0 aromatic carbocycles. The van der Waals surface area contributed by atoms with Crippen LogP contribution in [0.5, 0.6) is 0 Å². The van der Waals surface area contributed by atoms with Crippen molar-refractivity contribution in [3.8, 4) is 6.07 Å². The van der Waals surface area contributed by atoms with Crippen LogP contribution in [0.25, 0.3) is 5.65 Å². The molecule has 0 aliphatic carbocycles. The van der Waals surface area contributed by atoms with Crippen molar-refractivity contribution in [3.63, 3.8) is 0 Å². The van der Waals surface area contributed by atoms with Crippen LogP contribution in [0.2, 0.25) is 5.02 Å². The highest BCUT2D eigenvalue weighted by Crippen LogP contribution is 2.26. The van der Waals surface area contributed by atoms with Gasteiger partial charge in [0, 0.05) is 51.2 Å². The number of hydrogen-bond donors (Lipinski definition) is 0. The summed E-state index contributed by atoms with van der Waals surface area (Å²) in [6.07, 6.45) is 6.06. The molecule has 132 valence electrons. The summed E-state index contributed by atoms with van der Waals surface area (Å²) in [4.78, 5) is 13.2. The number of piperazine rings is 1. The number of fused-ring (bicyclic) bond motifs is 1. The number of anilines is 2. The van der Waals surface area contributed by atoms with Crippen LogP contribution in [-0.2, 0) is 6.42 Å². The number of hydrogen-bond acceptors (Lipinski definition) is 7. The molecule has 0 spiro atoms. The van der Waals surface area contributed by atoms with Crippen LogP contribution in [0.15, 0.2) is 24.7 Å². The second kappa shape index (κ2) is 6.77. The molecule has 3 aromatic rings. The molecule has 0 amide bonds. The van der Waals surface area contributed by atoms with Gasteiger partial charge in [0.1, 0.15) is 17.7 Å². The Kier molecular flexibility index (Phi) is 4.31. The molecule has 4 rings (SSSR count). The Morgan fingerprint density at radius 3 is 2.50 bits per heavy atom. The molecular formula is C17H17ClN8. The lowest BCUT2D eigenvalue weighted by Crippen LogP contribution is -2.47. The number of aromatic nitrogens is 5. The van der Waals surface area contributed by atoms with E-state index in [-0.39, 0.29) is 0 Å². The average Bonchev–Trinajstić information content (AvgIpc) is 3.11. The SMILES string of the molecule is CCc1nnc2c(N3CCN(c4ncc(C#N)cc4Cl)CC3)nccn12. The lowest BCUT2D eigenvalue weighted by atomic mass is 10.2. The molecule has 8 nitrogen and oxygen atoms in total. The summed E-state index contributed by atoms with van der Waals surface area (Å²) in [7, 11) is 0. The van der Waals surface area contributed by atoms with Crippen molar-refractivity contribution in [1.29, 1.82) is 5.26 Å². The third-order valence-corrected chi connectivity index (χ3v) is 4.80. The van der Waals surface area contributed by atoms with E-state index in [1.54, 1.807) is 18.5 Å². The third kappa shape index (κ3) is 2.80. The second-order valence-electron chi connectivity index (χ2n) is 6.03. The fraction of sp³-hybridized carbons (Fsp3) is 0.353. The molecule has 0 unspecified atom stereocenters. The van der Waals surface area contributed by atoms with Crippen LogP contribution < -0.4 is 9.80 Å². The topological polar surface area (TPSA) is 86.2 Å². The monoisotopic (exact) mass is 368 g/mol. The zero-order valence-electron chi connectivity index (χ0n) is 14.3. The smallest absolute Gasteiger partial charge is 0.203 e. The second-order valence-corrected chi connectivity index (χ2v) is 6.44. The summed E-state index contributed by atoms with van der Waals surface area (Å²) in [6, 6.07) is 3.71. The van der Waals surface area contributed by atoms with Crippen LogP contribution >= 0.6 is 11.6 Å². The van der Waals surface area contributed by atoms with Crippen molar-refractivity contribution in [2.75, 3.05) is 36.0 Å². The summed E-state index contributed by atoms with van der Waals surface area (Å²) >= 11 is 6.29. The van der Waals surface area contributed by atoms with E-state index in [9.17, 15) is 0 Å². The first-order valence-electron chi connectivity index (χ1n) is 8.45. The molecule has 1 saturated heterocycles. The Bertz CT molecular complexity index is 984. The Labute approximate surface area is 155 Å². The van der Waals surface area contributed by atoms with Crippen LogP contribution in [-0.4, -0.2) is 50.7 Å². The van der Waals surface area contributed by atoms with Gasteiger partial charge in [-0.05, 0) is 6.07 Å². The van der Waals surface area contributed by atoms with E-state index in [1.807, 2.05) is 10.6 Å². The Balaban J connectivity index is 1.54. The van der Waals surface area contributed by atoms with Crippen LogP contribution in [0.1, 0.15) is 18.3 Å². The summed E-state index contributed by atoms with van der Waals surface area (Å²) in [5.74, 6) is 2.49. The first kappa shape index (κ1) is 16.5. The molecule has 4 heterocycles. The number of rotatable bonds is 3. The van der Waals surface area contributed by atoms with Crippen LogP contribution in [0, 0.1) is 11.3 Å². The molecule has 9 heteroatoms. The summed E-state index contributed by atoms with van der Waals surface area (Å²) < 4.78 is 1.99. The van der Waals surface area contributed by atoms with Gasteiger partial charge in [0.2, 0.25) is 5.65 Å². The molecule has 0 N–H and O–H groups in total. The molecule has 26 heavy (non-hydrogen) atoms. The van der Waals surface area contributed by atoms with E-state index in [2.05, 4.69) is 43.0 Å². The van der Waals surface area contributed by atoms with Gasteiger partial charge >= 0.3 is 0 Å². The molecule has 1 aliphatic rings. The van der Waals surface area contributed by atoms with Gasteiger partial charge in [-0.15, -0.1) is 10.2 Å². The van der Waals surface area contributed by atoms with E-state index < -0.39 is 0 Å². The zero-order valence-corrected chi connectivity index (χ0v) is 15.1. The maximum atomic E-state index is 8.94.